The summed E-state index contributed by atoms with van der Waals surface area (Å²) in [4.78, 5) is 0. The summed E-state index contributed by atoms with van der Waals surface area (Å²) in [6.45, 7) is 4.82. The minimum atomic E-state index is 0.622. The van der Waals surface area contributed by atoms with Gasteiger partial charge in [0.15, 0.2) is 5.82 Å². The Morgan fingerprint density at radius 2 is 2.11 bits per heavy atom. The monoisotopic (exact) mass is 250 g/mol. The molecule has 1 saturated heterocycles. The van der Waals surface area contributed by atoms with E-state index in [0.29, 0.717) is 6.61 Å². The topological polar surface area (TPSA) is 52.0 Å². The number of aryl methyl sites for hydroxylation is 1. The van der Waals surface area contributed by atoms with Crippen LogP contribution in [0.1, 0.15) is 37.3 Å². The first-order valence-electron chi connectivity index (χ1n) is 7.13. The lowest BCUT2D eigenvalue weighted by molar-refractivity contribution is 0.0701. The van der Waals surface area contributed by atoms with E-state index >= 15 is 0 Å². The number of piperidine rings is 1. The van der Waals surface area contributed by atoms with Crippen LogP contribution in [-0.2, 0) is 24.3 Å². The molecule has 1 fully saturated rings. The summed E-state index contributed by atoms with van der Waals surface area (Å²) >= 11 is 0. The van der Waals surface area contributed by atoms with Crippen LogP contribution in [0.4, 0.5) is 0 Å². The molecule has 0 amide bonds. The average Bonchev–Trinajstić information content (AvgIpc) is 2.84. The van der Waals surface area contributed by atoms with E-state index in [-0.39, 0.29) is 0 Å². The van der Waals surface area contributed by atoms with Crippen molar-refractivity contribution in [1.29, 1.82) is 0 Å². The summed E-state index contributed by atoms with van der Waals surface area (Å²) in [5.74, 6) is 2.87. The van der Waals surface area contributed by atoms with Gasteiger partial charge in [-0.15, -0.1) is 10.2 Å². The highest BCUT2D eigenvalue weighted by atomic mass is 16.5. The van der Waals surface area contributed by atoms with Gasteiger partial charge < -0.3 is 14.6 Å². The number of hydrogen-bond donors (Lipinski definition) is 1. The van der Waals surface area contributed by atoms with Crippen molar-refractivity contribution in [3.8, 4) is 0 Å². The van der Waals surface area contributed by atoms with Gasteiger partial charge in [0.1, 0.15) is 12.4 Å². The second-order valence-corrected chi connectivity index (χ2v) is 5.35. The highest BCUT2D eigenvalue weighted by Crippen LogP contribution is 2.16. The second kappa shape index (κ2) is 5.80. The predicted molar refractivity (Wildman–Crippen MR) is 68.2 cm³/mol. The lowest BCUT2D eigenvalue weighted by Crippen LogP contribution is -2.30. The first-order valence-corrected chi connectivity index (χ1v) is 7.13. The lowest BCUT2D eigenvalue weighted by atomic mass is 9.99. The van der Waals surface area contributed by atoms with E-state index in [9.17, 15) is 0 Å². The van der Waals surface area contributed by atoms with Gasteiger partial charge in [0, 0.05) is 13.0 Å². The molecule has 5 heteroatoms. The van der Waals surface area contributed by atoms with E-state index in [1.165, 1.54) is 25.7 Å². The summed E-state index contributed by atoms with van der Waals surface area (Å²) < 4.78 is 8.07. The van der Waals surface area contributed by atoms with Gasteiger partial charge in [-0.05, 0) is 44.7 Å². The quantitative estimate of drug-likeness (QED) is 0.870. The number of nitrogens with one attached hydrogen (secondary N) is 1. The van der Waals surface area contributed by atoms with Crippen molar-refractivity contribution in [2.24, 2.45) is 5.92 Å². The minimum absolute atomic E-state index is 0.622. The van der Waals surface area contributed by atoms with E-state index in [1.54, 1.807) is 0 Å². The first-order chi connectivity index (χ1) is 8.93. The van der Waals surface area contributed by atoms with Gasteiger partial charge in [0.25, 0.3) is 0 Å². The minimum Gasteiger partial charge on any atom is -0.373 e. The molecule has 0 unspecified atom stereocenters. The van der Waals surface area contributed by atoms with Crippen LogP contribution >= 0.6 is 0 Å². The van der Waals surface area contributed by atoms with Crippen LogP contribution in [0.25, 0.3) is 0 Å². The molecule has 2 aliphatic heterocycles. The van der Waals surface area contributed by atoms with E-state index < -0.39 is 0 Å². The fraction of sp³-hybridized carbons (Fsp3) is 0.846. The van der Waals surface area contributed by atoms with Crippen LogP contribution in [0.2, 0.25) is 0 Å². The van der Waals surface area contributed by atoms with Crippen LogP contribution < -0.4 is 5.32 Å². The molecule has 18 heavy (non-hydrogen) atoms. The number of fused-ring (bicyclic) bond motifs is 1. The van der Waals surface area contributed by atoms with Crippen molar-refractivity contribution in [3.05, 3.63) is 11.6 Å². The molecule has 100 valence electrons. The molecular weight excluding hydrogens is 228 g/mol. The number of ether oxygens (including phenoxy) is 1. The molecule has 0 saturated carbocycles. The van der Waals surface area contributed by atoms with E-state index in [0.717, 1.165) is 50.2 Å². The largest absolute Gasteiger partial charge is 0.373 e. The maximum Gasteiger partial charge on any atom is 0.159 e. The maximum atomic E-state index is 5.83. The Balaban J connectivity index is 1.49. The predicted octanol–water partition coefficient (Wildman–Crippen LogP) is 1.13. The Bertz CT molecular complexity index is 384. The number of hydrogen-bond acceptors (Lipinski definition) is 4. The number of rotatable bonds is 4. The highest BCUT2D eigenvalue weighted by Gasteiger charge is 2.17. The lowest BCUT2D eigenvalue weighted by Gasteiger charge is -2.22. The van der Waals surface area contributed by atoms with Gasteiger partial charge in [-0.2, -0.15) is 0 Å². The van der Waals surface area contributed by atoms with Gasteiger partial charge >= 0.3 is 0 Å². The molecular formula is C13H22N4O. The Hall–Kier alpha value is -0.940. The van der Waals surface area contributed by atoms with Gasteiger partial charge in [-0.25, -0.2) is 0 Å². The number of nitrogens with zero attached hydrogens (tertiary/aromatic N) is 3. The molecule has 5 nitrogen and oxygen atoms in total. The third kappa shape index (κ3) is 2.72. The second-order valence-electron chi connectivity index (χ2n) is 5.35. The Labute approximate surface area is 108 Å². The third-order valence-electron chi connectivity index (χ3n) is 3.98. The standard InChI is InChI=1S/C13H22N4O/c1-2-8-17-12(3-1)15-16-13(17)10-18-9-11-4-6-14-7-5-11/h11,14H,1-10H2. The zero-order valence-electron chi connectivity index (χ0n) is 10.9. The molecule has 3 rings (SSSR count). The van der Waals surface area contributed by atoms with E-state index in [4.69, 9.17) is 4.74 Å². The molecule has 0 radical (unpaired) electrons. The first kappa shape index (κ1) is 12.1. The highest BCUT2D eigenvalue weighted by molar-refractivity contribution is 4.97. The van der Waals surface area contributed by atoms with E-state index in [1.807, 2.05) is 0 Å². The van der Waals surface area contributed by atoms with Gasteiger partial charge in [0.2, 0.25) is 0 Å². The van der Waals surface area contributed by atoms with E-state index in [2.05, 4.69) is 20.1 Å². The molecule has 0 bridgehead atoms. The van der Waals surface area contributed by atoms with Crippen LogP contribution in [0.15, 0.2) is 0 Å². The fourth-order valence-corrected chi connectivity index (χ4v) is 2.84. The SMILES string of the molecule is C1CCn2c(nnc2COCC2CCNCC2)C1. The molecule has 0 aromatic carbocycles. The molecule has 2 aliphatic rings. The Morgan fingerprint density at radius 1 is 1.22 bits per heavy atom. The normalized spacial score (nSPS) is 20.9. The summed E-state index contributed by atoms with van der Waals surface area (Å²) in [6.07, 6.45) is 6.03. The molecule has 3 heterocycles. The molecule has 0 spiro atoms. The zero-order valence-corrected chi connectivity index (χ0v) is 10.9. The number of aromatic nitrogens is 3. The maximum absolute atomic E-state index is 5.83. The van der Waals surface area contributed by atoms with Gasteiger partial charge in [-0.1, -0.05) is 0 Å². The summed E-state index contributed by atoms with van der Waals surface area (Å²) in [5, 5.41) is 11.9. The Morgan fingerprint density at radius 3 is 3.00 bits per heavy atom. The Kier molecular flexibility index (Phi) is 3.90. The van der Waals surface area contributed by atoms with Crippen molar-refractivity contribution in [1.82, 2.24) is 20.1 Å². The van der Waals surface area contributed by atoms with Gasteiger partial charge in [-0.3, -0.25) is 0 Å². The van der Waals surface area contributed by atoms with Crippen LogP contribution in [0.5, 0.6) is 0 Å². The van der Waals surface area contributed by atoms with Gasteiger partial charge in [0.05, 0.1) is 6.61 Å². The summed E-state index contributed by atoms with van der Waals surface area (Å²) in [6, 6.07) is 0. The molecule has 1 N–H and O–H groups in total. The van der Waals surface area contributed by atoms with Crippen molar-refractivity contribution >= 4 is 0 Å². The fourth-order valence-electron chi connectivity index (χ4n) is 2.84. The molecule has 1 aromatic rings. The van der Waals surface area contributed by atoms with Crippen LogP contribution in [-0.4, -0.2) is 34.5 Å². The third-order valence-corrected chi connectivity index (χ3v) is 3.98. The van der Waals surface area contributed by atoms with Crippen molar-refractivity contribution < 1.29 is 4.74 Å². The summed E-state index contributed by atoms with van der Waals surface area (Å²) in [7, 11) is 0. The smallest absolute Gasteiger partial charge is 0.159 e. The van der Waals surface area contributed by atoms with Crippen molar-refractivity contribution in [3.63, 3.8) is 0 Å². The van der Waals surface area contributed by atoms with Crippen LogP contribution in [0.3, 0.4) is 0 Å². The summed E-state index contributed by atoms with van der Waals surface area (Å²) in [5.41, 5.74) is 0. The van der Waals surface area contributed by atoms with Crippen molar-refractivity contribution in [2.45, 2.75) is 45.3 Å². The molecule has 0 atom stereocenters. The van der Waals surface area contributed by atoms with Crippen LogP contribution in [0, 0.1) is 5.92 Å². The average molecular weight is 250 g/mol. The molecule has 0 aliphatic carbocycles. The van der Waals surface area contributed by atoms with Crippen molar-refractivity contribution in [2.75, 3.05) is 19.7 Å². The zero-order chi connectivity index (χ0) is 12.2. The molecule has 1 aromatic heterocycles.